The van der Waals surface area contributed by atoms with Crippen LogP contribution in [0.25, 0.3) is 0 Å². The molecule has 0 bridgehead atoms. The number of benzene rings is 1. The molecule has 0 aliphatic carbocycles. The summed E-state index contributed by atoms with van der Waals surface area (Å²) >= 11 is 3.42. The van der Waals surface area contributed by atoms with E-state index in [1.165, 1.54) is 5.56 Å². The van der Waals surface area contributed by atoms with E-state index < -0.39 is 0 Å². The van der Waals surface area contributed by atoms with Crippen LogP contribution in [-0.2, 0) is 11.3 Å². The van der Waals surface area contributed by atoms with Gasteiger partial charge in [0.2, 0.25) is 0 Å². The molecule has 0 fully saturated rings. The summed E-state index contributed by atoms with van der Waals surface area (Å²) in [6.45, 7) is 5.09. The zero-order valence-corrected chi connectivity index (χ0v) is 13.3. The predicted molar refractivity (Wildman–Crippen MR) is 82.9 cm³/mol. The topological polar surface area (TPSA) is 31.2 Å². The first kappa shape index (κ1) is 14.9. The van der Waals surface area contributed by atoms with Crippen LogP contribution in [0.1, 0.15) is 35.8 Å². The molecule has 20 heavy (non-hydrogen) atoms. The monoisotopic (exact) mass is 335 g/mol. The van der Waals surface area contributed by atoms with Gasteiger partial charge in [-0.15, -0.1) is 0 Å². The fourth-order valence-electron chi connectivity index (χ4n) is 2.18. The molecule has 0 aliphatic heterocycles. The molecular weight excluding hydrogens is 318 g/mol. The standard InChI is InChI=1S/C16H18BrNO2/c1-3-20-16(19)15-9-14(17)11-18(15)10-12(2)13-7-5-4-6-8-13/h4-9,11-12H,3,10H2,1-2H3. The summed E-state index contributed by atoms with van der Waals surface area (Å²) in [7, 11) is 0. The van der Waals surface area contributed by atoms with E-state index in [0.717, 1.165) is 11.0 Å². The van der Waals surface area contributed by atoms with Crippen molar-refractivity contribution in [3.05, 3.63) is 58.3 Å². The van der Waals surface area contributed by atoms with E-state index >= 15 is 0 Å². The van der Waals surface area contributed by atoms with Gasteiger partial charge in [-0.2, -0.15) is 0 Å². The zero-order chi connectivity index (χ0) is 14.5. The Kier molecular flexibility index (Phi) is 5.01. The van der Waals surface area contributed by atoms with Crippen molar-refractivity contribution in [2.24, 2.45) is 0 Å². The van der Waals surface area contributed by atoms with Crippen molar-refractivity contribution in [1.82, 2.24) is 4.57 Å². The summed E-state index contributed by atoms with van der Waals surface area (Å²) in [6.07, 6.45) is 1.92. The van der Waals surface area contributed by atoms with Crippen LogP contribution in [0.4, 0.5) is 0 Å². The molecule has 1 aromatic heterocycles. The highest BCUT2D eigenvalue weighted by atomic mass is 79.9. The zero-order valence-electron chi connectivity index (χ0n) is 11.7. The van der Waals surface area contributed by atoms with Crippen molar-refractivity contribution in [3.8, 4) is 0 Å². The van der Waals surface area contributed by atoms with Gasteiger partial charge in [0.1, 0.15) is 5.69 Å². The second kappa shape index (κ2) is 6.75. The van der Waals surface area contributed by atoms with E-state index in [0.29, 0.717) is 18.2 Å². The Balaban J connectivity index is 2.19. The summed E-state index contributed by atoms with van der Waals surface area (Å²) in [5, 5.41) is 0. The number of aromatic nitrogens is 1. The van der Waals surface area contributed by atoms with Gasteiger partial charge in [0.05, 0.1) is 6.61 Å². The Bertz CT molecular complexity index is 577. The average molecular weight is 336 g/mol. The van der Waals surface area contributed by atoms with Gasteiger partial charge in [0, 0.05) is 17.2 Å². The molecule has 4 heteroatoms. The van der Waals surface area contributed by atoms with Crippen LogP contribution < -0.4 is 0 Å². The van der Waals surface area contributed by atoms with E-state index in [9.17, 15) is 4.79 Å². The molecule has 2 rings (SSSR count). The van der Waals surface area contributed by atoms with Gasteiger partial charge in [-0.3, -0.25) is 0 Å². The average Bonchev–Trinajstić information content (AvgIpc) is 2.81. The molecule has 0 spiro atoms. The number of carbonyl (C=O) groups excluding carboxylic acids is 1. The summed E-state index contributed by atoms with van der Waals surface area (Å²) in [4.78, 5) is 11.9. The van der Waals surface area contributed by atoms with Crippen LogP contribution in [0.2, 0.25) is 0 Å². The molecule has 0 aliphatic rings. The van der Waals surface area contributed by atoms with Gasteiger partial charge in [-0.1, -0.05) is 37.3 Å². The minimum absolute atomic E-state index is 0.279. The third kappa shape index (κ3) is 3.51. The lowest BCUT2D eigenvalue weighted by molar-refractivity contribution is 0.0513. The molecule has 0 saturated carbocycles. The van der Waals surface area contributed by atoms with E-state index in [-0.39, 0.29) is 5.97 Å². The smallest absolute Gasteiger partial charge is 0.354 e. The number of ether oxygens (including phenoxy) is 1. The first-order valence-corrected chi connectivity index (χ1v) is 7.49. The van der Waals surface area contributed by atoms with Crippen LogP contribution in [0.15, 0.2) is 47.1 Å². The fourth-order valence-corrected chi connectivity index (χ4v) is 2.65. The summed E-state index contributed by atoms with van der Waals surface area (Å²) in [5.74, 6) is 0.0436. The number of hydrogen-bond acceptors (Lipinski definition) is 2. The van der Waals surface area contributed by atoms with Crippen LogP contribution in [-0.4, -0.2) is 17.1 Å². The maximum atomic E-state index is 11.9. The molecule has 0 N–H and O–H groups in total. The number of esters is 1. The highest BCUT2D eigenvalue weighted by molar-refractivity contribution is 9.10. The van der Waals surface area contributed by atoms with Gasteiger partial charge >= 0.3 is 5.97 Å². The minimum atomic E-state index is -0.279. The first-order chi connectivity index (χ1) is 9.61. The van der Waals surface area contributed by atoms with Crippen molar-refractivity contribution in [2.75, 3.05) is 6.61 Å². The second-order valence-electron chi connectivity index (χ2n) is 4.73. The van der Waals surface area contributed by atoms with Crippen molar-refractivity contribution >= 4 is 21.9 Å². The first-order valence-electron chi connectivity index (χ1n) is 6.69. The predicted octanol–water partition coefficient (Wildman–Crippen LogP) is 4.23. The van der Waals surface area contributed by atoms with Crippen molar-refractivity contribution in [1.29, 1.82) is 0 Å². The Morgan fingerprint density at radius 1 is 1.35 bits per heavy atom. The Morgan fingerprint density at radius 2 is 2.05 bits per heavy atom. The van der Waals surface area contributed by atoms with Gasteiger partial charge in [0.15, 0.2) is 0 Å². The number of carbonyl (C=O) groups is 1. The van der Waals surface area contributed by atoms with Gasteiger partial charge in [-0.25, -0.2) is 4.79 Å². The number of halogens is 1. The summed E-state index contributed by atoms with van der Waals surface area (Å²) < 4.78 is 7.92. The maximum absolute atomic E-state index is 11.9. The van der Waals surface area contributed by atoms with E-state index in [1.807, 2.05) is 35.9 Å². The molecule has 0 saturated heterocycles. The molecule has 3 nitrogen and oxygen atoms in total. The lowest BCUT2D eigenvalue weighted by Gasteiger charge is -2.15. The molecule has 106 valence electrons. The largest absolute Gasteiger partial charge is 0.461 e. The third-order valence-electron chi connectivity index (χ3n) is 3.19. The lowest BCUT2D eigenvalue weighted by Crippen LogP contribution is -2.14. The SMILES string of the molecule is CCOC(=O)c1cc(Br)cn1CC(C)c1ccccc1. The quantitative estimate of drug-likeness (QED) is 0.765. The van der Waals surface area contributed by atoms with Gasteiger partial charge in [-0.05, 0) is 40.4 Å². The molecule has 2 aromatic rings. The van der Waals surface area contributed by atoms with Crippen molar-refractivity contribution < 1.29 is 9.53 Å². The minimum Gasteiger partial charge on any atom is -0.461 e. The Labute approximate surface area is 127 Å². The lowest BCUT2D eigenvalue weighted by atomic mass is 10.0. The van der Waals surface area contributed by atoms with Gasteiger partial charge < -0.3 is 9.30 Å². The van der Waals surface area contributed by atoms with E-state index in [1.54, 1.807) is 6.07 Å². The van der Waals surface area contributed by atoms with Crippen LogP contribution >= 0.6 is 15.9 Å². The van der Waals surface area contributed by atoms with Crippen molar-refractivity contribution in [2.45, 2.75) is 26.3 Å². The second-order valence-corrected chi connectivity index (χ2v) is 5.64. The maximum Gasteiger partial charge on any atom is 0.354 e. The van der Waals surface area contributed by atoms with E-state index in [4.69, 9.17) is 4.74 Å². The molecule has 1 aromatic carbocycles. The number of rotatable bonds is 5. The molecular formula is C16H18BrNO2. The molecule has 0 amide bonds. The molecule has 1 atom stereocenters. The van der Waals surface area contributed by atoms with Crippen LogP contribution in [0, 0.1) is 0 Å². The highest BCUT2D eigenvalue weighted by Gasteiger charge is 2.16. The van der Waals surface area contributed by atoms with E-state index in [2.05, 4.69) is 35.0 Å². The number of nitrogens with zero attached hydrogens (tertiary/aromatic N) is 1. The Morgan fingerprint density at radius 3 is 2.70 bits per heavy atom. The number of hydrogen-bond donors (Lipinski definition) is 0. The summed E-state index contributed by atoms with van der Waals surface area (Å²) in [6, 6.07) is 12.1. The molecule has 1 heterocycles. The van der Waals surface area contributed by atoms with Crippen LogP contribution in [0.3, 0.4) is 0 Å². The highest BCUT2D eigenvalue weighted by Crippen LogP contribution is 2.22. The summed E-state index contributed by atoms with van der Waals surface area (Å²) in [5.41, 5.74) is 1.84. The third-order valence-corrected chi connectivity index (χ3v) is 3.62. The normalized spacial score (nSPS) is 12.2. The van der Waals surface area contributed by atoms with Crippen LogP contribution in [0.5, 0.6) is 0 Å². The van der Waals surface area contributed by atoms with Gasteiger partial charge in [0.25, 0.3) is 0 Å². The molecule has 0 radical (unpaired) electrons. The Hall–Kier alpha value is -1.55. The fraction of sp³-hybridized carbons (Fsp3) is 0.312. The molecule has 1 unspecified atom stereocenters. The van der Waals surface area contributed by atoms with Crippen molar-refractivity contribution in [3.63, 3.8) is 0 Å².